The second kappa shape index (κ2) is 7.54. The first-order chi connectivity index (χ1) is 10.8. The Labute approximate surface area is 144 Å². The molecule has 5 heteroatoms. The number of rotatable bonds is 5. The highest BCUT2D eigenvalue weighted by Gasteiger charge is 2.28. The van der Waals surface area contributed by atoms with E-state index in [1.54, 1.807) is 13.2 Å². The van der Waals surface area contributed by atoms with E-state index in [-0.39, 0.29) is 5.91 Å². The minimum Gasteiger partial charge on any atom is -0.496 e. The Balaban J connectivity index is 2.05. The zero-order chi connectivity index (χ0) is 17.0. The maximum Gasteiger partial charge on any atom is 0.221 e. The van der Waals surface area contributed by atoms with Gasteiger partial charge in [0.25, 0.3) is 0 Å². The molecule has 4 nitrogen and oxygen atoms in total. The summed E-state index contributed by atoms with van der Waals surface area (Å²) in [5.74, 6) is 1.25. The van der Waals surface area contributed by atoms with Gasteiger partial charge in [0.2, 0.25) is 5.91 Å². The monoisotopic (exact) mass is 338 g/mol. The molecule has 1 heterocycles. The lowest BCUT2D eigenvalue weighted by molar-refractivity contribution is -0.124. The van der Waals surface area contributed by atoms with Crippen molar-refractivity contribution in [2.75, 3.05) is 27.2 Å². The number of likely N-dealkylation sites (tertiary alicyclic amines) is 1. The number of halogens is 1. The highest BCUT2D eigenvalue weighted by molar-refractivity contribution is 6.30. The predicted octanol–water partition coefficient (Wildman–Crippen LogP) is 3.43. The van der Waals surface area contributed by atoms with Crippen molar-refractivity contribution in [2.45, 2.75) is 38.6 Å². The molecule has 0 spiro atoms. The summed E-state index contributed by atoms with van der Waals surface area (Å²) in [6.45, 7) is 6.08. The fourth-order valence-electron chi connectivity index (χ4n) is 3.34. The van der Waals surface area contributed by atoms with Gasteiger partial charge in [-0.05, 0) is 64.4 Å². The lowest BCUT2D eigenvalue weighted by Gasteiger charge is -2.32. The molecule has 1 fully saturated rings. The van der Waals surface area contributed by atoms with Crippen molar-refractivity contribution in [3.8, 4) is 5.75 Å². The van der Waals surface area contributed by atoms with Crippen LogP contribution in [-0.4, -0.2) is 38.1 Å². The molecule has 0 radical (unpaired) electrons. The minimum atomic E-state index is -0.534. The Bertz CT molecular complexity index is 560. The van der Waals surface area contributed by atoms with Gasteiger partial charge in [-0.2, -0.15) is 0 Å². The van der Waals surface area contributed by atoms with Gasteiger partial charge in [0, 0.05) is 23.6 Å². The van der Waals surface area contributed by atoms with Crippen LogP contribution in [0.25, 0.3) is 0 Å². The highest BCUT2D eigenvalue weighted by atomic mass is 35.5. The van der Waals surface area contributed by atoms with Gasteiger partial charge < -0.3 is 15.0 Å². The quantitative estimate of drug-likeness (QED) is 0.894. The van der Waals surface area contributed by atoms with Gasteiger partial charge in [-0.15, -0.1) is 0 Å². The normalized spacial score (nSPS) is 19.4. The van der Waals surface area contributed by atoms with Crippen molar-refractivity contribution in [3.05, 3.63) is 28.8 Å². The zero-order valence-electron chi connectivity index (χ0n) is 14.5. The van der Waals surface area contributed by atoms with Crippen molar-refractivity contribution in [1.29, 1.82) is 0 Å². The molecule has 1 aromatic rings. The number of carbonyl (C=O) groups is 1. The van der Waals surface area contributed by atoms with Gasteiger partial charge in [0.15, 0.2) is 0 Å². The molecular weight excluding hydrogens is 312 g/mol. The molecule has 1 aliphatic heterocycles. The molecule has 1 aliphatic rings. The number of nitrogens with zero attached hydrogens (tertiary/aromatic N) is 1. The summed E-state index contributed by atoms with van der Waals surface area (Å²) >= 11 is 6.11. The zero-order valence-corrected chi connectivity index (χ0v) is 15.2. The fraction of sp³-hybridized carbons (Fsp3) is 0.611. The first kappa shape index (κ1) is 18.1. The summed E-state index contributed by atoms with van der Waals surface area (Å²) in [7, 11) is 3.74. The number of piperidine rings is 1. The van der Waals surface area contributed by atoms with Crippen LogP contribution >= 0.6 is 11.6 Å². The van der Waals surface area contributed by atoms with E-state index in [0.717, 1.165) is 30.8 Å². The second-order valence-corrected chi connectivity index (χ2v) is 7.43. The van der Waals surface area contributed by atoms with E-state index in [1.807, 2.05) is 26.0 Å². The van der Waals surface area contributed by atoms with Crippen molar-refractivity contribution >= 4 is 17.5 Å². The van der Waals surface area contributed by atoms with Crippen molar-refractivity contribution in [3.63, 3.8) is 0 Å². The first-order valence-corrected chi connectivity index (χ1v) is 8.53. The number of hydrogen-bond acceptors (Lipinski definition) is 3. The van der Waals surface area contributed by atoms with E-state index in [4.69, 9.17) is 16.3 Å². The number of methoxy groups -OCH3 is 1. The van der Waals surface area contributed by atoms with Crippen molar-refractivity contribution < 1.29 is 9.53 Å². The molecule has 0 aromatic heterocycles. The lowest BCUT2D eigenvalue weighted by atomic mass is 9.91. The summed E-state index contributed by atoms with van der Waals surface area (Å²) in [6.07, 6.45) is 2.86. The van der Waals surface area contributed by atoms with E-state index >= 15 is 0 Å². The van der Waals surface area contributed by atoms with E-state index in [0.29, 0.717) is 17.4 Å². The van der Waals surface area contributed by atoms with Crippen LogP contribution in [0.1, 0.15) is 38.7 Å². The Hall–Kier alpha value is -1.26. The summed E-state index contributed by atoms with van der Waals surface area (Å²) in [4.78, 5) is 14.8. The van der Waals surface area contributed by atoms with Gasteiger partial charge in [0.1, 0.15) is 5.75 Å². The van der Waals surface area contributed by atoms with Crippen molar-refractivity contribution in [2.24, 2.45) is 5.92 Å². The number of amides is 1. The van der Waals surface area contributed by atoms with Crippen LogP contribution in [0.4, 0.5) is 0 Å². The molecule has 1 aromatic carbocycles. The van der Waals surface area contributed by atoms with E-state index < -0.39 is 5.54 Å². The van der Waals surface area contributed by atoms with Crippen LogP contribution < -0.4 is 10.1 Å². The van der Waals surface area contributed by atoms with Crippen LogP contribution in [0.3, 0.4) is 0 Å². The van der Waals surface area contributed by atoms with Crippen LogP contribution in [-0.2, 0) is 10.3 Å². The van der Waals surface area contributed by atoms with Crippen LogP contribution in [0.2, 0.25) is 5.02 Å². The van der Waals surface area contributed by atoms with Crippen LogP contribution in [0.15, 0.2) is 18.2 Å². The Morgan fingerprint density at radius 2 is 2.22 bits per heavy atom. The third-order valence-corrected chi connectivity index (χ3v) is 4.72. The van der Waals surface area contributed by atoms with Crippen molar-refractivity contribution in [1.82, 2.24) is 10.2 Å². The third-order valence-electron chi connectivity index (χ3n) is 4.48. The molecule has 1 atom stereocenters. The fourth-order valence-corrected chi connectivity index (χ4v) is 3.51. The maximum atomic E-state index is 12.5. The average Bonchev–Trinajstić information content (AvgIpc) is 2.46. The van der Waals surface area contributed by atoms with Gasteiger partial charge in [-0.25, -0.2) is 0 Å². The molecule has 1 saturated heterocycles. The maximum absolute atomic E-state index is 12.5. The van der Waals surface area contributed by atoms with Crippen LogP contribution in [0, 0.1) is 5.92 Å². The number of benzene rings is 1. The topological polar surface area (TPSA) is 41.6 Å². The SMILES string of the molecule is COc1ccc(Cl)cc1C(C)(C)NC(=O)C[C@@H]1CCCN(C)C1. The molecule has 1 N–H and O–H groups in total. The summed E-state index contributed by atoms with van der Waals surface area (Å²) in [5.41, 5.74) is 0.357. The largest absolute Gasteiger partial charge is 0.496 e. The standard InChI is InChI=1S/C18H27ClN2O2/c1-18(2,15-11-14(19)7-8-16(15)23-4)20-17(22)10-13-6-5-9-21(3)12-13/h7-8,11,13H,5-6,9-10,12H2,1-4H3,(H,20,22)/t13-/m0/s1. The molecule has 1 amide bonds. The molecule has 0 unspecified atom stereocenters. The summed E-state index contributed by atoms with van der Waals surface area (Å²) in [5, 5.41) is 3.78. The Morgan fingerprint density at radius 3 is 2.87 bits per heavy atom. The second-order valence-electron chi connectivity index (χ2n) is 6.99. The van der Waals surface area contributed by atoms with E-state index in [1.165, 1.54) is 6.42 Å². The number of ether oxygens (including phenoxy) is 1. The molecule has 128 valence electrons. The van der Waals surface area contributed by atoms with Crippen LogP contribution in [0.5, 0.6) is 5.75 Å². The molecule has 0 bridgehead atoms. The lowest BCUT2D eigenvalue weighted by Crippen LogP contribution is -2.43. The van der Waals surface area contributed by atoms with Gasteiger partial charge in [0.05, 0.1) is 12.6 Å². The van der Waals surface area contributed by atoms with Gasteiger partial charge in [-0.1, -0.05) is 11.6 Å². The highest BCUT2D eigenvalue weighted by Crippen LogP contribution is 2.32. The minimum absolute atomic E-state index is 0.0809. The number of hydrogen-bond donors (Lipinski definition) is 1. The van der Waals surface area contributed by atoms with Gasteiger partial charge >= 0.3 is 0 Å². The summed E-state index contributed by atoms with van der Waals surface area (Å²) in [6, 6.07) is 5.48. The summed E-state index contributed by atoms with van der Waals surface area (Å²) < 4.78 is 5.42. The predicted molar refractivity (Wildman–Crippen MR) is 94.0 cm³/mol. The first-order valence-electron chi connectivity index (χ1n) is 8.15. The molecule has 23 heavy (non-hydrogen) atoms. The van der Waals surface area contributed by atoms with E-state index in [9.17, 15) is 4.79 Å². The Morgan fingerprint density at radius 1 is 1.48 bits per heavy atom. The Kier molecular flexibility index (Phi) is 5.93. The smallest absolute Gasteiger partial charge is 0.221 e. The molecule has 0 aliphatic carbocycles. The average molecular weight is 339 g/mol. The molecule has 0 saturated carbocycles. The number of carbonyl (C=O) groups excluding carboxylic acids is 1. The van der Waals surface area contributed by atoms with E-state index in [2.05, 4.69) is 17.3 Å². The molecular formula is C18H27ClN2O2. The number of nitrogens with one attached hydrogen (secondary N) is 1. The molecule has 2 rings (SSSR count). The third kappa shape index (κ3) is 4.85. The van der Waals surface area contributed by atoms with Gasteiger partial charge in [-0.3, -0.25) is 4.79 Å².